The monoisotopic (exact) mass is 498 g/mol. The van der Waals surface area contributed by atoms with E-state index >= 15 is 0 Å². The second-order valence-corrected chi connectivity index (χ2v) is 9.56. The molecule has 1 aliphatic rings. The highest BCUT2D eigenvalue weighted by atomic mass is 35.5. The van der Waals surface area contributed by atoms with Gasteiger partial charge < -0.3 is 15.1 Å². The highest BCUT2D eigenvalue weighted by molar-refractivity contribution is 7.99. The van der Waals surface area contributed by atoms with Crippen LogP contribution >= 0.6 is 23.4 Å². The molecule has 2 aromatic carbocycles. The van der Waals surface area contributed by atoms with Gasteiger partial charge in [0.2, 0.25) is 17.8 Å². The molecule has 1 N–H and O–H groups in total. The Morgan fingerprint density at radius 1 is 1.09 bits per heavy atom. The van der Waals surface area contributed by atoms with Gasteiger partial charge in [0.15, 0.2) is 5.16 Å². The summed E-state index contributed by atoms with van der Waals surface area (Å²) in [7, 11) is 1.61. The van der Waals surface area contributed by atoms with Gasteiger partial charge >= 0.3 is 0 Å². The number of aromatic nitrogens is 3. The van der Waals surface area contributed by atoms with Crippen LogP contribution in [-0.4, -0.2) is 63.9 Å². The minimum absolute atomic E-state index is 0.0751. The number of aryl methyl sites for hydroxylation is 1. The molecule has 0 unspecified atom stereocenters. The first-order valence-corrected chi connectivity index (χ1v) is 12.5. The number of nitrogens with one attached hydrogen (secondary N) is 1. The Hall–Kier alpha value is -3.04. The zero-order valence-corrected chi connectivity index (χ0v) is 20.8. The quantitative estimate of drug-likeness (QED) is 0.472. The minimum Gasteiger partial charge on any atom is -0.341 e. The number of thioether (sulfide) groups is 1. The molecule has 0 atom stereocenters. The summed E-state index contributed by atoms with van der Waals surface area (Å²) in [4.78, 5) is 28.7. The largest absolute Gasteiger partial charge is 0.341 e. The SMILES string of the molecule is Cc1ccc(-n2c(SCC(=O)N(C)CC(=O)Nc3ccccc3Cl)nnc2N2CCCC2)cc1. The molecule has 2 heterocycles. The summed E-state index contributed by atoms with van der Waals surface area (Å²) in [6.45, 7) is 3.85. The van der Waals surface area contributed by atoms with Crippen LogP contribution in [0.3, 0.4) is 0 Å². The number of carbonyl (C=O) groups excluding carboxylic acids is 2. The van der Waals surface area contributed by atoms with Crippen molar-refractivity contribution in [3.8, 4) is 5.69 Å². The van der Waals surface area contributed by atoms with Crippen LogP contribution in [-0.2, 0) is 9.59 Å². The minimum atomic E-state index is -0.312. The van der Waals surface area contributed by atoms with E-state index in [-0.39, 0.29) is 24.1 Å². The Morgan fingerprint density at radius 2 is 1.79 bits per heavy atom. The smallest absolute Gasteiger partial charge is 0.244 e. The van der Waals surface area contributed by atoms with Crippen molar-refractivity contribution < 1.29 is 9.59 Å². The lowest BCUT2D eigenvalue weighted by Gasteiger charge is -2.19. The topological polar surface area (TPSA) is 83.4 Å². The predicted octanol–water partition coefficient (Wildman–Crippen LogP) is 4.02. The number of rotatable bonds is 8. The highest BCUT2D eigenvalue weighted by Crippen LogP contribution is 2.29. The fraction of sp³-hybridized carbons (Fsp3) is 0.333. The maximum atomic E-state index is 12.8. The van der Waals surface area contributed by atoms with E-state index < -0.39 is 0 Å². The summed E-state index contributed by atoms with van der Waals surface area (Å²) in [5.41, 5.74) is 2.64. The molecule has 3 aromatic rings. The number of likely N-dealkylation sites (N-methyl/N-ethyl adjacent to an activating group) is 1. The molecule has 1 aliphatic heterocycles. The Bertz CT molecular complexity index is 1160. The molecular formula is C24H27ClN6O2S. The third kappa shape index (κ3) is 5.71. The number of amides is 2. The van der Waals surface area contributed by atoms with E-state index in [9.17, 15) is 9.59 Å². The van der Waals surface area contributed by atoms with Gasteiger partial charge in [0, 0.05) is 20.1 Å². The second kappa shape index (κ2) is 10.9. The first-order valence-electron chi connectivity index (χ1n) is 11.1. The van der Waals surface area contributed by atoms with Crippen LogP contribution < -0.4 is 10.2 Å². The Balaban J connectivity index is 1.42. The molecule has 1 aromatic heterocycles. The summed E-state index contributed by atoms with van der Waals surface area (Å²) in [6.07, 6.45) is 2.26. The average Bonchev–Trinajstić information content (AvgIpc) is 3.49. The van der Waals surface area contributed by atoms with Gasteiger partial charge in [-0.2, -0.15) is 0 Å². The molecule has 0 aliphatic carbocycles. The van der Waals surface area contributed by atoms with Crippen LogP contribution in [0.1, 0.15) is 18.4 Å². The highest BCUT2D eigenvalue weighted by Gasteiger charge is 2.23. The second-order valence-electron chi connectivity index (χ2n) is 8.21. The lowest BCUT2D eigenvalue weighted by atomic mass is 10.2. The van der Waals surface area contributed by atoms with Crippen molar-refractivity contribution in [1.82, 2.24) is 19.7 Å². The van der Waals surface area contributed by atoms with E-state index in [1.807, 2.05) is 35.8 Å². The van der Waals surface area contributed by atoms with Crippen LogP contribution in [0.4, 0.5) is 11.6 Å². The van der Waals surface area contributed by atoms with Crippen molar-refractivity contribution >= 4 is 46.8 Å². The predicted molar refractivity (Wildman–Crippen MR) is 136 cm³/mol. The zero-order chi connectivity index (χ0) is 24.1. The number of halogens is 1. The summed E-state index contributed by atoms with van der Waals surface area (Å²) in [5.74, 6) is 0.442. The number of hydrogen-bond donors (Lipinski definition) is 1. The van der Waals surface area contributed by atoms with Crippen molar-refractivity contribution in [3.63, 3.8) is 0 Å². The van der Waals surface area contributed by atoms with Crippen LogP contribution in [0.2, 0.25) is 5.02 Å². The lowest BCUT2D eigenvalue weighted by Crippen LogP contribution is -2.36. The van der Waals surface area contributed by atoms with Gasteiger partial charge in [-0.05, 0) is 44.0 Å². The molecule has 178 valence electrons. The van der Waals surface area contributed by atoms with E-state index in [0.29, 0.717) is 15.9 Å². The maximum Gasteiger partial charge on any atom is 0.244 e. The normalized spacial score (nSPS) is 13.2. The number of para-hydroxylation sites is 1. The number of hydrogen-bond acceptors (Lipinski definition) is 6. The molecule has 10 heteroatoms. The average molecular weight is 499 g/mol. The van der Waals surface area contributed by atoms with Gasteiger partial charge in [-0.25, -0.2) is 0 Å². The molecule has 34 heavy (non-hydrogen) atoms. The van der Waals surface area contributed by atoms with Crippen molar-refractivity contribution in [1.29, 1.82) is 0 Å². The van der Waals surface area contributed by atoms with Gasteiger partial charge in [0.25, 0.3) is 0 Å². The van der Waals surface area contributed by atoms with Gasteiger partial charge in [-0.15, -0.1) is 10.2 Å². The maximum absolute atomic E-state index is 12.8. The van der Waals surface area contributed by atoms with Crippen LogP contribution in [0, 0.1) is 6.92 Å². The van der Waals surface area contributed by atoms with E-state index in [1.165, 1.54) is 22.2 Å². The Kier molecular flexibility index (Phi) is 7.74. The third-order valence-corrected chi connectivity index (χ3v) is 6.82. The number of anilines is 2. The summed E-state index contributed by atoms with van der Waals surface area (Å²) < 4.78 is 2.01. The molecule has 0 bridgehead atoms. The van der Waals surface area contributed by atoms with Crippen molar-refractivity contribution in [2.75, 3.05) is 42.7 Å². The fourth-order valence-electron chi connectivity index (χ4n) is 3.69. The molecule has 1 saturated heterocycles. The third-order valence-electron chi connectivity index (χ3n) is 5.58. The molecule has 8 nitrogen and oxygen atoms in total. The Morgan fingerprint density at radius 3 is 2.50 bits per heavy atom. The van der Waals surface area contributed by atoms with Crippen molar-refractivity contribution in [2.24, 2.45) is 0 Å². The van der Waals surface area contributed by atoms with E-state index in [2.05, 4.69) is 20.4 Å². The van der Waals surface area contributed by atoms with E-state index in [0.717, 1.165) is 37.6 Å². The van der Waals surface area contributed by atoms with Gasteiger partial charge in [0.1, 0.15) is 0 Å². The Labute approximate surface area is 208 Å². The van der Waals surface area contributed by atoms with Gasteiger partial charge in [0.05, 0.1) is 28.7 Å². The van der Waals surface area contributed by atoms with Crippen LogP contribution in [0.25, 0.3) is 5.69 Å². The lowest BCUT2D eigenvalue weighted by molar-refractivity contribution is -0.131. The fourth-order valence-corrected chi connectivity index (χ4v) is 4.76. The summed E-state index contributed by atoms with van der Waals surface area (Å²) in [6, 6.07) is 15.2. The number of carbonyl (C=O) groups is 2. The first-order chi connectivity index (χ1) is 16.4. The van der Waals surface area contributed by atoms with Crippen molar-refractivity contribution in [2.45, 2.75) is 24.9 Å². The standard InChI is InChI=1S/C24H27ClN6O2S/c1-17-9-11-18(12-10-17)31-23(30-13-5-6-14-30)27-28-24(31)34-16-22(33)29(2)15-21(32)26-20-8-4-3-7-19(20)25/h3-4,7-12H,5-6,13-16H2,1-2H3,(H,26,32). The first kappa shape index (κ1) is 24.1. The molecule has 1 fully saturated rings. The van der Waals surface area contributed by atoms with Crippen LogP contribution in [0.15, 0.2) is 53.7 Å². The number of benzene rings is 2. The van der Waals surface area contributed by atoms with Crippen LogP contribution in [0.5, 0.6) is 0 Å². The van der Waals surface area contributed by atoms with Crippen molar-refractivity contribution in [3.05, 3.63) is 59.1 Å². The summed E-state index contributed by atoms with van der Waals surface area (Å²) >= 11 is 7.41. The molecular weight excluding hydrogens is 472 g/mol. The molecule has 0 radical (unpaired) electrons. The molecule has 0 spiro atoms. The van der Waals surface area contributed by atoms with E-state index in [1.54, 1.807) is 31.3 Å². The summed E-state index contributed by atoms with van der Waals surface area (Å²) in [5, 5.41) is 12.7. The van der Waals surface area contributed by atoms with Gasteiger partial charge in [-0.3, -0.25) is 14.2 Å². The van der Waals surface area contributed by atoms with Gasteiger partial charge in [-0.1, -0.05) is 53.2 Å². The zero-order valence-electron chi connectivity index (χ0n) is 19.2. The van der Waals surface area contributed by atoms with E-state index in [4.69, 9.17) is 11.6 Å². The molecule has 2 amide bonds. The number of nitrogens with zero attached hydrogens (tertiary/aromatic N) is 5. The molecule has 4 rings (SSSR count). The molecule has 0 saturated carbocycles.